The Bertz CT molecular complexity index is 275. The van der Waals surface area contributed by atoms with Gasteiger partial charge in [-0.05, 0) is 40.3 Å². The highest BCUT2D eigenvalue weighted by Gasteiger charge is 2.16. The number of amides is 1. The summed E-state index contributed by atoms with van der Waals surface area (Å²) in [6.07, 6.45) is 0.426. The predicted octanol–water partition coefficient (Wildman–Crippen LogP) is 1.16. The number of carbonyl (C=O) groups excluding carboxylic acids is 1. The fraction of sp³-hybridized carbons (Fsp3) is 0.933. The second kappa shape index (κ2) is 10.8. The molecule has 0 fully saturated rings. The number of nitrogens with zero attached hydrogens (tertiary/aromatic N) is 1. The van der Waals surface area contributed by atoms with Crippen LogP contribution in [0, 0.1) is 0 Å². The lowest BCUT2D eigenvalue weighted by Gasteiger charge is -2.22. The average Bonchev–Trinajstić information content (AvgIpc) is 2.39. The standard InChI is InChI=1S/C15H34N4O2/c1-6-19(7-2)11-10-17-13(12-16)8-9-18-14(20)21-15(3,4)5/h13,17H,6-12,16H2,1-5H3,(H,18,20). The molecular weight excluding hydrogens is 268 g/mol. The monoisotopic (exact) mass is 302 g/mol. The van der Waals surface area contributed by atoms with Crippen LogP contribution in [0.3, 0.4) is 0 Å². The zero-order valence-corrected chi connectivity index (χ0v) is 14.4. The van der Waals surface area contributed by atoms with Crippen LogP contribution in [0.15, 0.2) is 0 Å². The third-order valence-electron chi connectivity index (χ3n) is 3.20. The fourth-order valence-electron chi connectivity index (χ4n) is 1.93. The van der Waals surface area contributed by atoms with Crippen molar-refractivity contribution in [3.63, 3.8) is 0 Å². The molecule has 0 spiro atoms. The molecule has 21 heavy (non-hydrogen) atoms. The Labute approximate surface area is 129 Å². The average molecular weight is 302 g/mol. The summed E-state index contributed by atoms with van der Waals surface area (Å²) >= 11 is 0. The lowest BCUT2D eigenvalue weighted by molar-refractivity contribution is 0.0526. The molecular formula is C15H34N4O2. The number of nitrogens with two attached hydrogens (primary N) is 1. The molecule has 126 valence electrons. The van der Waals surface area contributed by atoms with E-state index in [1.54, 1.807) is 0 Å². The Morgan fingerprint density at radius 2 is 1.86 bits per heavy atom. The molecule has 0 saturated heterocycles. The lowest BCUT2D eigenvalue weighted by Crippen LogP contribution is -2.43. The van der Waals surface area contributed by atoms with Crippen molar-refractivity contribution in [2.45, 2.75) is 52.7 Å². The van der Waals surface area contributed by atoms with Crippen LogP contribution in [0.1, 0.15) is 41.0 Å². The second-order valence-corrected chi connectivity index (χ2v) is 6.13. The van der Waals surface area contributed by atoms with Gasteiger partial charge in [0.2, 0.25) is 0 Å². The zero-order valence-electron chi connectivity index (χ0n) is 14.4. The van der Waals surface area contributed by atoms with E-state index in [-0.39, 0.29) is 12.1 Å². The van der Waals surface area contributed by atoms with Crippen LogP contribution in [0.4, 0.5) is 4.79 Å². The Balaban J connectivity index is 3.82. The first kappa shape index (κ1) is 20.1. The van der Waals surface area contributed by atoms with Crippen molar-refractivity contribution in [3.8, 4) is 0 Å². The molecule has 6 nitrogen and oxygen atoms in total. The van der Waals surface area contributed by atoms with Crippen LogP contribution >= 0.6 is 0 Å². The molecule has 0 aliphatic rings. The van der Waals surface area contributed by atoms with Gasteiger partial charge in [-0.15, -0.1) is 0 Å². The van der Waals surface area contributed by atoms with Crippen LogP contribution in [-0.2, 0) is 4.74 Å². The maximum atomic E-state index is 11.5. The van der Waals surface area contributed by atoms with Gasteiger partial charge < -0.3 is 26.0 Å². The van der Waals surface area contributed by atoms with Crippen LogP contribution < -0.4 is 16.4 Å². The summed E-state index contributed by atoms with van der Waals surface area (Å²) in [6.45, 7) is 15.1. The molecule has 0 radical (unpaired) electrons. The SMILES string of the molecule is CCN(CC)CCNC(CN)CCNC(=O)OC(C)(C)C. The Hall–Kier alpha value is -0.850. The van der Waals surface area contributed by atoms with Crippen molar-refractivity contribution in [2.75, 3.05) is 39.3 Å². The van der Waals surface area contributed by atoms with E-state index in [0.717, 1.165) is 32.6 Å². The molecule has 6 heteroatoms. The van der Waals surface area contributed by atoms with Crippen LogP contribution in [-0.4, -0.2) is 61.9 Å². The van der Waals surface area contributed by atoms with Gasteiger partial charge in [0.1, 0.15) is 5.60 Å². The van der Waals surface area contributed by atoms with E-state index >= 15 is 0 Å². The summed E-state index contributed by atoms with van der Waals surface area (Å²) < 4.78 is 5.19. The molecule has 0 aromatic heterocycles. The normalized spacial score (nSPS) is 13.3. The van der Waals surface area contributed by atoms with E-state index in [1.807, 2.05) is 20.8 Å². The van der Waals surface area contributed by atoms with Gasteiger partial charge >= 0.3 is 6.09 Å². The van der Waals surface area contributed by atoms with Gasteiger partial charge in [0.25, 0.3) is 0 Å². The zero-order chi connectivity index (χ0) is 16.3. The minimum absolute atomic E-state index is 0.218. The predicted molar refractivity (Wildman–Crippen MR) is 87.5 cm³/mol. The largest absolute Gasteiger partial charge is 0.444 e. The maximum Gasteiger partial charge on any atom is 0.407 e. The highest BCUT2D eigenvalue weighted by atomic mass is 16.6. The van der Waals surface area contributed by atoms with E-state index in [2.05, 4.69) is 29.4 Å². The molecule has 0 heterocycles. The smallest absolute Gasteiger partial charge is 0.407 e. The van der Waals surface area contributed by atoms with Crippen molar-refractivity contribution in [2.24, 2.45) is 5.73 Å². The highest BCUT2D eigenvalue weighted by molar-refractivity contribution is 5.67. The van der Waals surface area contributed by atoms with E-state index in [9.17, 15) is 4.79 Å². The van der Waals surface area contributed by atoms with E-state index in [4.69, 9.17) is 10.5 Å². The molecule has 1 amide bonds. The Kier molecular flexibility index (Phi) is 10.4. The summed E-state index contributed by atoms with van der Waals surface area (Å²) in [5.41, 5.74) is 5.29. The first-order valence-electron chi connectivity index (χ1n) is 7.95. The molecule has 4 N–H and O–H groups in total. The number of nitrogens with one attached hydrogen (secondary N) is 2. The van der Waals surface area contributed by atoms with Crippen molar-refractivity contribution >= 4 is 6.09 Å². The molecule has 0 saturated carbocycles. The summed E-state index contributed by atoms with van der Waals surface area (Å²) in [6, 6.07) is 0.218. The molecule has 0 aliphatic carbocycles. The van der Waals surface area contributed by atoms with Gasteiger partial charge in [0, 0.05) is 32.2 Å². The molecule has 0 aromatic rings. The topological polar surface area (TPSA) is 79.6 Å². The van der Waals surface area contributed by atoms with Crippen molar-refractivity contribution < 1.29 is 9.53 Å². The van der Waals surface area contributed by atoms with Crippen LogP contribution in [0.2, 0.25) is 0 Å². The number of carbonyl (C=O) groups is 1. The van der Waals surface area contributed by atoms with Crippen LogP contribution in [0.5, 0.6) is 0 Å². The first-order chi connectivity index (χ1) is 9.82. The fourth-order valence-corrected chi connectivity index (χ4v) is 1.93. The molecule has 1 unspecified atom stereocenters. The number of likely N-dealkylation sites (N-methyl/N-ethyl adjacent to an activating group) is 1. The van der Waals surface area contributed by atoms with E-state index in [1.165, 1.54) is 0 Å². The first-order valence-corrected chi connectivity index (χ1v) is 7.95. The Morgan fingerprint density at radius 1 is 1.24 bits per heavy atom. The van der Waals surface area contributed by atoms with Crippen molar-refractivity contribution in [1.82, 2.24) is 15.5 Å². The highest BCUT2D eigenvalue weighted by Crippen LogP contribution is 2.06. The molecule has 0 rings (SSSR count). The lowest BCUT2D eigenvalue weighted by atomic mass is 10.2. The minimum Gasteiger partial charge on any atom is -0.444 e. The van der Waals surface area contributed by atoms with Gasteiger partial charge in [0.05, 0.1) is 0 Å². The van der Waals surface area contributed by atoms with Gasteiger partial charge in [-0.1, -0.05) is 13.8 Å². The summed E-state index contributed by atoms with van der Waals surface area (Å²) in [5.74, 6) is 0. The minimum atomic E-state index is -0.459. The van der Waals surface area contributed by atoms with Crippen LogP contribution in [0.25, 0.3) is 0 Å². The maximum absolute atomic E-state index is 11.5. The van der Waals surface area contributed by atoms with Gasteiger partial charge in [-0.25, -0.2) is 4.79 Å². The third kappa shape index (κ3) is 11.5. The van der Waals surface area contributed by atoms with Gasteiger partial charge in [-0.2, -0.15) is 0 Å². The number of alkyl carbamates (subject to hydrolysis) is 1. The summed E-state index contributed by atoms with van der Waals surface area (Å²) in [5, 5.41) is 6.19. The number of hydrogen-bond donors (Lipinski definition) is 3. The second-order valence-electron chi connectivity index (χ2n) is 6.13. The summed E-state index contributed by atoms with van der Waals surface area (Å²) in [7, 11) is 0. The molecule has 1 atom stereocenters. The van der Waals surface area contributed by atoms with Crippen molar-refractivity contribution in [1.29, 1.82) is 0 Å². The van der Waals surface area contributed by atoms with E-state index < -0.39 is 5.60 Å². The number of ether oxygens (including phenoxy) is 1. The van der Waals surface area contributed by atoms with Gasteiger partial charge in [-0.3, -0.25) is 0 Å². The van der Waals surface area contributed by atoms with Gasteiger partial charge in [0.15, 0.2) is 0 Å². The molecule has 0 aromatic carbocycles. The number of hydrogen-bond acceptors (Lipinski definition) is 5. The third-order valence-corrected chi connectivity index (χ3v) is 3.20. The molecule has 0 aliphatic heterocycles. The van der Waals surface area contributed by atoms with E-state index in [0.29, 0.717) is 13.1 Å². The number of rotatable bonds is 10. The summed E-state index contributed by atoms with van der Waals surface area (Å²) in [4.78, 5) is 13.9. The Morgan fingerprint density at radius 3 is 2.33 bits per heavy atom. The van der Waals surface area contributed by atoms with Crippen molar-refractivity contribution in [3.05, 3.63) is 0 Å². The molecule has 0 bridgehead atoms. The quantitative estimate of drug-likeness (QED) is 0.564.